The molecular weight excluding hydrogens is 260 g/mol. The topological polar surface area (TPSA) is 78.9 Å². The third kappa shape index (κ3) is 3.88. The second kappa shape index (κ2) is 6.79. The van der Waals surface area contributed by atoms with Crippen molar-refractivity contribution in [2.75, 3.05) is 14.2 Å². The fourth-order valence-corrected chi connectivity index (χ4v) is 1.60. The van der Waals surface area contributed by atoms with Gasteiger partial charge < -0.3 is 20.1 Å². The molecule has 0 aromatic heterocycles. The summed E-state index contributed by atoms with van der Waals surface area (Å²) in [7, 11) is 3.04. The van der Waals surface area contributed by atoms with E-state index in [1.54, 1.807) is 7.11 Å². The number of nitrogens with zero attached hydrogens (tertiary/aromatic N) is 1. The van der Waals surface area contributed by atoms with Crippen molar-refractivity contribution < 1.29 is 19.4 Å². The number of nitrogens with one attached hydrogen (secondary N) is 1. The van der Waals surface area contributed by atoms with Gasteiger partial charge in [-0.15, -0.1) is 0 Å². The lowest BCUT2D eigenvalue weighted by Crippen LogP contribution is -2.46. The van der Waals surface area contributed by atoms with Gasteiger partial charge in [-0.1, -0.05) is 12.1 Å². The Labute approximate surface area is 118 Å². The zero-order chi connectivity index (χ0) is 15.3. The standard InChI is InChI=1S/C14H20N2O4/c1-9(11-5-7-12(20-4)8-6-11)15-14(19)16(3)10(2)13(17)18/h5-10H,1-4H3,(H,15,19)(H,17,18). The number of amides is 2. The van der Waals surface area contributed by atoms with Crippen LogP contribution in [0.25, 0.3) is 0 Å². The lowest BCUT2D eigenvalue weighted by Gasteiger charge is -2.24. The van der Waals surface area contributed by atoms with E-state index in [4.69, 9.17) is 9.84 Å². The van der Waals surface area contributed by atoms with Crippen LogP contribution in [0.3, 0.4) is 0 Å². The second-order valence-corrected chi connectivity index (χ2v) is 4.57. The minimum Gasteiger partial charge on any atom is -0.497 e. The first-order valence-corrected chi connectivity index (χ1v) is 6.27. The molecule has 0 fully saturated rings. The van der Waals surface area contributed by atoms with Gasteiger partial charge in [0.15, 0.2) is 0 Å². The van der Waals surface area contributed by atoms with Crippen molar-refractivity contribution in [1.29, 1.82) is 0 Å². The smallest absolute Gasteiger partial charge is 0.326 e. The van der Waals surface area contributed by atoms with E-state index in [2.05, 4.69) is 5.32 Å². The number of hydrogen-bond acceptors (Lipinski definition) is 3. The summed E-state index contributed by atoms with van der Waals surface area (Å²) in [6.45, 7) is 3.29. The van der Waals surface area contributed by atoms with Crippen molar-refractivity contribution in [3.05, 3.63) is 29.8 Å². The summed E-state index contributed by atoms with van der Waals surface area (Å²) in [5.41, 5.74) is 0.913. The van der Waals surface area contributed by atoms with Crippen LogP contribution in [0.15, 0.2) is 24.3 Å². The van der Waals surface area contributed by atoms with E-state index in [0.717, 1.165) is 16.2 Å². The Kier molecular flexibility index (Phi) is 5.37. The minimum atomic E-state index is -1.04. The van der Waals surface area contributed by atoms with Crippen LogP contribution in [-0.2, 0) is 4.79 Å². The van der Waals surface area contributed by atoms with Crippen LogP contribution in [0, 0.1) is 0 Å². The summed E-state index contributed by atoms with van der Waals surface area (Å²) in [6, 6.07) is 5.79. The number of carbonyl (C=O) groups is 2. The SMILES string of the molecule is COc1ccc(C(C)NC(=O)N(C)C(C)C(=O)O)cc1. The number of carboxylic acids is 1. The van der Waals surface area contributed by atoms with Crippen molar-refractivity contribution in [1.82, 2.24) is 10.2 Å². The van der Waals surface area contributed by atoms with Crippen molar-refractivity contribution in [3.8, 4) is 5.75 Å². The summed E-state index contributed by atoms with van der Waals surface area (Å²) in [5.74, 6) is -0.302. The monoisotopic (exact) mass is 280 g/mol. The van der Waals surface area contributed by atoms with Crippen molar-refractivity contribution >= 4 is 12.0 Å². The number of methoxy groups -OCH3 is 1. The van der Waals surface area contributed by atoms with Crippen LogP contribution in [0.2, 0.25) is 0 Å². The van der Waals surface area contributed by atoms with Crippen LogP contribution in [0.1, 0.15) is 25.5 Å². The van der Waals surface area contributed by atoms with Crippen LogP contribution in [0.4, 0.5) is 4.79 Å². The Morgan fingerprint density at radius 2 is 1.80 bits per heavy atom. The molecule has 0 aliphatic rings. The Balaban J connectivity index is 2.66. The van der Waals surface area contributed by atoms with Gasteiger partial charge in [-0.3, -0.25) is 0 Å². The van der Waals surface area contributed by atoms with E-state index in [9.17, 15) is 9.59 Å². The van der Waals surface area contributed by atoms with Crippen LogP contribution in [-0.4, -0.2) is 42.2 Å². The maximum absolute atomic E-state index is 11.9. The highest BCUT2D eigenvalue weighted by Gasteiger charge is 2.22. The van der Waals surface area contributed by atoms with Gasteiger partial charge in [-0.05, 0) is 31.5 Å². The largest absolute Gasteiger partial charge is 0.497 e. The summed E-state index contributed by atoms with van der Waals surface area (Å²) in [4.78, 5) is 23.9. The molecule has 0 radical (unpaired) electrons. The molecule has 2 N–H and O–H groups in total. The number of urea groups is 1. The van der Waals surface area contributed by atoms with Gasteiger partial charge in [0.25, 0.3) is 0 Å². The van der Waals surface area contributed by atoms with E-state index in [-0.39, 0.29) is 6.04 Å². The molecular formula is C14H20N2O4. The molecule has 1 aromatic rings. The molecule has 6 heteroatoms. The summed E-state index contributed by atoms with van der Waals surface area (Å²) in [5, 5.41) is 11.6. The highest BCUT2D eigenvalue weighted by Crippen LogP contribution is 2.17. The zero-order valence-electron chi connectivity index (χ0n) is 12.1. The average Bonchev–Trinajstić information content (AvgIpc) is 2.45. The first-order chi connectivity index (χ1) is 9.36. The van der Waals surface area contributed by atoms with Gasteiger partial charge in [0.2, 0.25) is 0 Å². The molecule has 1 rings (SSSR count). The first kappa shape index (κ1) is 15.8. The molecule has 2 unspecified atom stereocenters. The van der Waals surface area contributed by atoms with E-state index in [0.29, 0.717) is 0 Å². The van der Waals surface area contributed by atoms with Gasteiger partial charge >= 0.3 is 12.0 Å². The van der Waals surface area contributed by atoms with Crippen molar-refractivity contribution in [2.24, 2.45) is 0 Å². The van der Waals surface area contributed by atoms with Gasteiger partial charge in [-0.2, -0.15) is 0 Å². The van der Waals surface area contributed by atoms with E-state index in [1.807, 2.05) is 31.2 Å². The Morgan fingerprint density at radius 1 is 1.25 bits per heavy atom. The Morgan fingerprint density at radius 3 is 2.25 bits per heavy atom. The number of hydrogen-bond donors (Lipinski definition) is 2. The number of carbonyl (C=O) groups excluding carboxylic acids is 1. The molecule has 0 saturated heterocycles. The third-order valence-corrected chi connectivity index (χ3v) is 3.21. The number of likely N-dealkylation sites (N-methyl/N-ethyl adjacent to an activating group) is 1. The van der Waals surface area contributed by atoms with Gasteiger partial charge in [0.1, 0.15) is 11.8 Å². The number of benzene rings is 1. The quantitative estimate of drug-likeness (QED) is 0.863. The molecule has 110 valence electrons. The molecule has 0 spiro atoms. The molecule has 0 saturated carbocycles. The lowest BCUT2D eigenvalue weighted by atomic mass is 10.1. The van der Waals surface area contributed by atoms with E-state index >= 15 is 0 Å². The maximum atomic E-state index is 11.9. The molecule has 1 aromatic carbocycles. The molecule has 0 heterocycles. The molecule has 6 nitrogen and oxygen atoms in total. The number of carboxylic acid groups (broad SMARTS) is 1. The maximum Gasteiger partial charge on any atom is 0.326 e. The summed E-state index contributed by atoms with van der Waals surface area (Å²) < 4.78 is 5.07. The second-order valence-electron chi connectivity index (χ2n) is 4.57. The fourth-order valence-electron chi connectivity index (χ4n) is 1.60. The van der Waals surface area contributed by atoms with Crippen molar-refractivity contribution in [2.45, 2.75) is 25.9 Å². The van der Waals surface area contributed by atoms with Crippen LogP contribution >= 0.6 is 0 Å². The van der Waals surface area contributed by atoms with Gasteiger partial charge in [0.05, 0.1) is 13.2 Å². The zero-order valence-corrected chi connectivity index (χ0v) is 12.1. The molecule has 2 atom stereocenters. The normalized spacial score (nSPS) is 13.2. The lowest BCUT2D eigenvalue weighted by molar-refractivity contribution is -0.141. The van der Waals surface area contributed by atoms with Crippen LogP contribution in [0.5, 0.6) is 5.75 Å². The first-order valence-electron chi connectivity index (χ1n) is 6.27. The highest BCUT2D eigenvalue weighted by molar-refractivity contribution is 5.82. The van der Waals surface area contributed by atoms with Gasteiger partial charge in [0, 0.05) is 7.05 Å². The Bertz CT molecular complexity index is 473. The average molecular weight is 280 g/mol. The fraction of sp³-hybridized carbons (Fsp3) is 0.429. The summed E-state index contributed by atoms with van der Waals surface area (Å²) >= 11 is 0. The molecule has 0 bridgehead atoms. The predicted molar refractivity (Wildman–Crippen MR) is 74.8 cm³/mol. The van der Waals surface area contributed by atoms with E-state index in [1.165, 1.54) is 14.0 Å². The predicted octanol–water partition coefficient (Wildman–Crippen LogP) is 1.87. The van der Waals surface area contributed by atoms with Crippen LogP contribution < -0.4 is 10.1 Å². The minimum absolute atomic E-state index is 0.225. The molecule has 0 aliphatic heterocycles. The highest BCUT2D eigenvalue weighted by atomic mass is 16.5. The number of rotatable bonds is 5. The molecule has 2 amide bonds. The van der Waals surface area contributed by atoms with Crippen molar-refractivity contribution in [3.63, 3.8) is 0 Å². The number of aliphatic carboxylic acids is 1. The molecule has 0 aliphatic carbocycles. The molecule has 20 heavy (non-hydrogen) atoms. The van der Waals surface area contributed by atoms with E-state index < -0.39 is 18.0 Å². The Hall–Kier alpha value is -2.24. The number of ether oxygens (including phenoxy) is 1. The summed E-state index contributed by atoms with van der Waals surface area (Å²) in [6.07, 6.45) is 0. The third-order valence-electron chi connectivity index (χ3n) is 3.21. The van der Waals surface area contributed by atoms with Gasteiger partial charge in [-0.25, -0.2) is 9.59 Å².